The Morgan fingerprint density at radius 2 is 2.19 bits per heavy atom. The SMILES string of the molecule is c1ccc2c(c1)cnn2CCNCC1CC1. The van der Waals surface area contributed by atoms with Crippen LogP contribution in [0.4, 0.5) is 0 Å². The molecule has 0 unspecified atom stereocenters. The van der Waals surface area contributed by atoms with Crippen LogP contribution in [0.1, 0.15) is 12.8 Å². The zero-order valence-electron chi connectivity index (χ0n) is 9.39. The number of hydrogen-bond donors (Lipinski definition) is 1. The second-order valence-electron chi connectivity index (χ2n) is 4.57. The Bertz CT molecular complexity index is 471. The molecule has 1 saturated carbocycles. The minimum atomic E-state index is 0.953. The third-order valence-corrected chi connectivity index (χ3v) is 3.18. The molecule has 84 valence electrons. The molecule has 1 aromatic heterocycles. The Morgan fingerprint density at radius 1 is 1.31 bits per heavy atom. The van der Waals surface area contributed by atoms with Gasteiger partial charge in [0.2, 0.25) is 0 Å². The summed E-state index contributed by atoms with van der Waals surface area (Å²) in [6, 6.07) is 8.36. The van der Waals surface area contributed by atoms with Gasteiger partial charge in [0.05, 0.1) is 18.3 Å². The first-order valence-electron chi connectivity index (χ1n) is 6.05. The molecular weight excluding hydrogens is 198 g/mol. The second kappa shape index (κ2) is 4.26. The van der Waals surface area contributed by atoms with Crippen molar-refractivity contribution in [1.29, 1.82) is 0 Å². The van der Waals surface area contributed by atoms with E-state index in [2.05, 4.69) is 39.4 Å². The predicted molar refractivity (Wildman–Crippen MR) is 65.3 cm³/mol. The van der Waals surface area contributed by atoms with Gasteiger partial charge in [-0.3, -0.25) is 4.68 Å². The van der Waals surface area contributed by atoms with E-state index in [0.29, 0.717) is 0 Å². The maximum absolute atomic E-state index is 4.40. The predicted octanol–water partition coefficient (Wildman–Crippen LogP) is 2.04. The van der Waals surface area contributed by atoms with E-state index in [1.54, 1.807) is 0 Å². The van der Waals surface area contributed by atoms with Gasteiger partial charge in [-0.15, -0.1) is 0 Å². The zero-order chi connectivity index (χ0) is 10.8. The monoisotopic (exact) mass is 215 g/mol. The molecule has 2 aromatic rings. The average Bonchev–Trinajstić information content (AvgIpc) is 3.05. The normalized spacial score (nSPS) is 15.8. The quantitative estimate of drug-likeness (QED) is 0.773. The minimum Gasteiger partial charge on any atom is -0.315 e. The standard InChI is InChI=1S/C13H17N3/c1-2-4-13-12(3-1)10-15-16(13)8-7-14-9-11-5-6-11/h1-4,10-11,14H,5-9H2. The van der Waals surface area contributed by atoms with Crippen molar-refractivity contribution in [2.45, 2.75) is 19.4 Å². The van der Waals surface area contributed by atoms with E-state index in [-0.39, 0.29) is 0 Å². The van der Waals surface area contributed by atoms with E-state index in [1.165, 1.54) is 30.3 Å². The molecule has 0 saturated heterocycles. The van der Waals surface area contributed by atoms with E-state index in [4.69, 9.17) is 0 Å². The van der Waals surface area contributed by atoms with Crippen LogP contribution in [0.5, 0.6) is 0 Å². The van der Waals surface area contributed by atoms with Gasteiger partial charge < -0.3 is 5.32 Å². The van der Waals surface area contributed by atoms with Crippen molar-refractivity contribution < 1.29 is 0 Å². The molecule has 0 aliphatic heterocycles. The van der Waals surface area contributed by atoms with Crippen molar-refractivity contribution >= 4 is 10.9 Å². The van der Waals surface area contributed by atoms with E-state index in [0.717, 1.165) is 19.0 Å². The fourth-order valence-electron chi connectivity index (χ4n) is 2.02. The number of aromatic nitrogens is 2. The first-order chi connectivity index (χ1) is 7.93. The van der Waals surface area contributed by atoms with Crippen LogP contribution >= 0.6 is 0 Å². The van der Waals surface area contributed by atoms with Gasteiger partial charge in [-0.2, -0.15) is 5.10 Å². The van der Waals surface area contributed by atoms with E-state index < -0.39 is 0 Å². The smallest absolute Gasteiger partial charge is 0.0682 e. The van der Waals surface area contributed by atoms with E-state index in [1.807, 2.05) is 6.20 Å². The van der Waals surface area contributed by atoms with Crippen molar-refractivity contribution in [3.05, 3.63) is 30.5 Å². The fraction of sp³-hybridized carbons (Fsp3) is 0.462. The molecule has 3 rings (SSSR count). The first kappa shape index (κ1) is 9.85. The van der Waals surface area contributed by atoms with Crippen LogP contribution in [0, 0.1) is 5.92 Å². The summed E-state index contributed by atoms with van der Waals surface area (Å²) in [7, 11) is 0. The molecule has 0 bridgehead atoms. The largest absolute Gasteiger partial charge is 0.315 e. The maximum Gasteiger partial charge on any atom is 0.0682 e. The number of fused-ring (bicyclic) bond motifs is 1. The van der Waals surface area contributed by atoms with Gasteiger partial charge in [-0.05, 0) is 31.4 Å². The zero-order valence-corrected chi connectivity index (χ0v) is 9.39. The molecule has 1 N–H and O–H groups in total. The molecular formula is C13H17N3. The molecule has 0 radical (unpaired) electrons. The Hall–Kier alpha value is -1.35. The van der Waals surface area contributed by atoms with Crippen LogP contribution in [-0.4, -0.2) is 22.9 Å². The van der Waals surface area contributed by atoms with Crippen molar-refractivity contribution in [2.75, 3.05) is 13.1 Å². The Balaban J connectivity index is 1.60. The summed E-state index contributed by atoms with van der Waals surface area (Å²) in [5.41, 5.74) is 1.23. The lowest BCUT2D eigenvalue weighted by Crippen LogP contribution is -2.22. The molecule has 0 spiro atoms. The van der Waals surface area contributed by atoms with Gasteiger partial charge in [-0.1, -0.05) is 18.2 Å². The number of hydrogen-bond acceptors (Lipinski definition) is 2. The Morgan fingerprint density at radius 3 is 3.06 bits per heavy atom. The lowest BCUT2D eigenvalue weighted by Gasteiger charge is -2.05. The highest BCUT2D eigenvalue weighted by Crippen LogP contribution is 2.27. The van der Waals surface area contributed by atoms with Gasteiger partial charge in [0, 0.05) is 11.9 Å². The van der Waals surface area contributed by atoms with Crippen LogP contribution < -0.4 is 5.32 Å². The van der Waals surface area contributed by atoms with E-state index >= 15 is 0 Å². The summed E-state index contributed by atoms with van der Waals surface area (Å²) < 4.78 is 2.08. The van der Waals surface area contributed by atoms with Gasteiger partial charge >= 0.3 is 0 Å². The van der Waals surface area contributed by atoms with Crippen molar-refractivity contribution in [1.82, 2.24) is 15.1 Å². The highest BCUT2D eigenvalue weighted by Gasteiger charge is 2.19. The number of rotatable bonds is 5. The van der Waals surface area contributed by atoms with E-state index in [9.17, 15) is 0 Å². The highest BCUT2D eigenvalue weighted by molar-refractivity contribution is 5.78. The molecule has 3 heteroatoms. The van der Waals surface area contributed by atoms with Crippen LogP contribution in [0.2, 0.25) is 0 Å². The van der Waals surface area contributed by atoms with Crippen LogP contribution in [-0.2, 0) is 6.54 Å². The van der Waals surface area contributed by atoms with Crippen molar-refractivity contribution in [3.63, 3.8) is 0 Å². The number of nitrogens with one attached hydrogen (secondary N) is 1. The number of nitrogens with zero attached hydrogens (tertiary/aromatic N) is 2. The molecule has 1 fully saturated rings. The highest BCUT2D eigenvalue weighted by atomic mass is 15.3. The molecule has 1 aliphatic carbocycles. The summed E-state index contributed by atoms with van der Waals surface area (Å²) in [6.45, 7) is 3.15. The summed E-state index contributed by atoms with van der Waals surface area (Å²) in [4.78, 5) is 0. The molecule has 1 aromatic carbocycles. The Kier molecular flexibility index (Phi) is 2.62. The van der Waals surface area contributed by atoms with Crippen LogP contribution in [0.25, 0.3) is 10.9 Å². The lowest BCUT2D eigenvalue weighted by molar-refractivity contribution is 0.552. The topological polar surface area (TPSA) is 29.9 Å². The summed E-state index contributed by atoms with van der Waals surface area (Å²) >= 11 is 0. The van der Waals surface area contributed by atoms with Gasteiger partial charge in [0.1, 0.15) is 0 Å². The van der Waals surface area contributed by atoms with Gasteiger partial charge in [0.15, 0.2) is 0 Å². The van der Waals surface area contributed by atoms with Crippen molar-refractivity contribution in [2.24, 2.45) is 5.92 Å². The lowest BCUT2D eigenvalue weighted by atomic mass is 10.2. The maximum atomic E-state index is 4.40. The van der Waals surface area contributed by atoms with Crippen LogP contribution in [0.15, 0.2) is 30.5 Å². The molecule has 0 atom stereocenters. The minimum absolute atomic E-state index is 0.953. The molecule has 0 amide bonds. The van der Waals surface area contributed by atoms with Gasteiger partial charge in [-0.25, -0.2) is 0 Å². The average molecular weight is 215 g/mol. The molecule has 3 nitrogen and oxygen atoms in total. The summed E-state index contributed by atoms with van der Waals surface area (Å²) in [5.74, 6) is 0.953. The number of benzene rings is 1. The molecule has 1 aliphatic rings. The molecule has 1 heterocycles. The first-order valence-corrected chi connectivity index (χ1v) is 6.05. The summed E-state index contributed by atoms with van der Waals surface area (Å²) in [5, 5.41) is 9.12. The Labute approximate surface area is 95.5 Å². The second-order valence-corrected chi connectivity index (χ2v) is 4.57. The van der Waals surface area contributed by atoms with Crippen LogP contribution in [0.3, 0.4) is 0 Å². The fourth-order valence-corrected chi connectivity index (χ4v) is 2.02. The van der Waals surface area contributed by atoms with Crippen molar-refractivity contribution in [3.8, 4) is 0 Å². The summed E-state index contributed by atoms with van der Waals surface area (Å²) in [6.07, 6.45) is 4.77. The van der Waals surface area contributed by atoms with Gasteiger partial charge in [0.25, 0.3) is 0 Å². The molecule has 16 heavy (non-hydrogen) atoms. The third kappa shape index (κ3) is 2.09. The number of para-hydroxylation sites is 1. The third-order valence-electron chi connectivity index (χ3n) is 3.18.